The Balaban J connectivity index is 0.00000450. The van der Waals surface area contributed by atoms with Crippen molar-refractivity contribution in [3.63, 3.8) is 0 Å². The van der Waals surface area contributed by atoms with Crippen molar-refractivity contribution in [3.8, 4) is 5.75 Å². The number of hydrogen-bond donors (Lipinski definition) is 4. The van der Waals surface area contributed by atoms with Crippen molar-refractivity contribution >= 4 is 53.3 Å². The first-order chi connectivity index (χ1) is 13.9. The third-order valence-corrected chi connectivity index (χ3v) is 4.60. The van der Waals surface area contributed by atoms with Crippen molar-refractivity contribution in [2.45, 2.75) is 38.3 Å². The number of amides is 3. The maximum Gasteiger partial charge on any atom is 0.258 e. The van der Waals surface area contributed by atoms with Gasteiger partial charge in [-0.15, -0.1) is 24.8 Å². The minimum Gasteiger partial charge on any atom is -0.496 e. The summed E-state index contributed by atoms with van der Waals surface area (Å²) in [5.41, 5.74) is 11.5. The summed E-state index contributed by atoms with van der Waals surface area (Å²) in [6.45, 7) is 2.03. The second-order valence-electron chi connectivity index (χ2n) is 6.84. The third kappa shape index (κ3) is 7.99. The number of ether oxygens (including phenoxy) is 1. The van der Waals surface area contributed by atoms with Crippen molar-refractivity contribution in [2.24, 2.45) is 11.5 Å². The predicted molar refractivity (Wildman–Crippen MR) is 126 cm³/mol. The van der Waals surface area contributed by atoms with E-state index in [1.54, 1.807) is 12.1 Å². The molecule has 0 radical (unpaired) electrons. The van der Waals surface area contributed by atoms with Crippen LogP contribution in [0, 0.1) is 0 Å². The Morgan fingerprint density at radius 1 is 1.06 bits per heavy atom. The van der Waals surface area contributed by atoms with Crippen LogP contribution >= 0.6 is 24.8 Å². The number of fused-ring (bicyclic) bond motifs is 1. The standard InChI is InChI=1S/C21H28N4O4.2ClH/c1-13(24-21(28)17(23)9-5-6-10-22)19(26)25-20(27)15-11-14-7-3-4-8-16(14)18(12-15)29-2;;/h3-4,7-8,11-13,17H,5-6,9-10,22-23H2,1-2H3,(H,24,28)(H,25,26,27);2*1H/t13-,17-;;/m0../s1. The van der Waals surface area contributed by atoms with Crippen LogP contribution in [0.25, 0.3) is 10.8 Å². The van der Waals surface area contributed by atoms with Gasteiger partial charge in [-0.3, -0.25) is 19.7 Å². The second-order valence-corrected chi connectivity index (χ2v) is 6.84. The molecule has 2 aromatic carbocycles. The highest BCUT2D eigenvalue weighted by atomic mass is 35.5. The summed E-state index contributed by atoms with van der Waals surface area (Å²) in [7, 11) is 1.52. The Morgan fingerprint density at radius 2 is 1.74 bits per heavy atom. The van der Waals surface area contributed by atoms with E-state index in [-0.39, 0.29) is 30.4 Å². The topological polar surface area (TPSA) is 137 Å². The Labute approximate surface area is 194 Å². The summed E-state index contributed by atoms with van der Waals surface area (Å²) in [6.07, 6.45) is 1.99. The highest BCUT2D eigenvalue weighted by Gasteiger charge is 2.22. The fourth-order valence-corrected chi connectivity index (χ4v) is 2.89. The predicted octanol–water partition coefficient (Wildman–Crippen LogP) is 1.91. The number of nitrogens with two attached hydrogens (primary N) is 2. The van der Waals surface area contributed by atoms with E-state index in [4.69, 9.17) is 16.2 Å². The average molecular weight is 473 g/mol. The highest BCUT2D eigenvalue weighted by molar-refractivity contribution is 6.09. The molecule has 10 heteroatoms. The van der Waals surface area contributed by atoms with E-state index >= 15 is 0 Å². The van der Waals surface area contributed by atoms with Gasteiger partial charge in [0.25, 0.3) is 5.91 Å². The molecular weight excluding hydrogens is 443 g/mol. The molecule has 3 amide bonds. The molecule has 8 nitrogen and oxygen atoms in total. The molecule has 2 aromatic rings. The molecule has 0 bridgehead atoms. The number of imide groups is 1. The van der Waals surface area contributed by atoms with Crippen LogP contribution in [0.1, 0.15) is 36.5 Å². The lowest BCUT2D eigenvalue weighted by Gasteiger charge is -2.17. The van der Waals surface area contributed by atoms with Crippen LogP contribution in [0.5, 0.6) is 5.75 Å². The molecule has 0 spiro atoms. The van der Waals surface area contributed by atoms with E-state index in [1.165, 1.54) is 14.0 Å². The van der Waals surface area contributed by atoms with Gasteiger partial charge in [-0.1, -0.05) is 30.7 Å². The Morgan fingerprint density at radius 3 is 2.39 bits per heavy atom. The second kappa shape index (κ2) is 13.8. The summed E-state index contributed by atoms with van der Waals surface area (Å²) in [5.74, 6) is -1.10. The fourth-order valence-electron chi connectivity index (χ4n) is 2.89. The maximum atomic E-state index is 12.5. The summed E-state index contributed by atoms with van der Waals surface area (Å²) in [5, 5.41) is 6.51. The molecule has 31 heavy (non-hydrogen) atoms. The molecule has 0 unspecified atom stereocenters. The smallest absolute Gasteiger partial charge is 0.258 e. The molecule has 2 atom stereocenters. The van der Waals surface area contributed by atoms with Crippen LogP contribution in [-0.2, 0) is 9.59 Å². The normalized spacial score (nSPS) is 12.0. The first-order valence-electron chi connectivity index (χ1n) is 9.55. The Bertz CT molecular complexity index is 895. The van der Waals surface area contributed by atoms with Gasteiger partial charge >= 0.3 is 0 Å². The number of methoxy groups -OCH3 is 1. The van der Waals surface area contributed by atoms with E-state index < -0.39 is 29.8 Å². The lowest BCUT2D eigenvalue weighted by atomic mass is 10.1. The van der Waals surface area contributed by atoms with E-state index in [0.29, 0.717) is 18.7 Å². The summed E-state index contributed by atoms with van der Waals surface area (Å²) >= 11 is 0. The minimum atomic E-state index is -0.908. The molecule has 0 fully saturated rings. The van der Waals surface area contributed by atoms with Gasteiger partial charge in [0.1, 0.15) is 11.8 Å². The number of halogens is 2. The van der Waals surface area contributed by atoms with E-state index in [2.05, 4.69) is 10.6 Å². The number of rotatable bonds is 9. The molecule has 2 rings (SSSR count). The van der Waals surface area contributed by atoms with Gasteiger partial charge in [0.2, 0.25) is 11.8 Å². The Kier molecular flexibility index (Phi) is 12.8. The zero-order valence-electron chi connectivity index (χ0n) is 17.6. The number of unbranched alkanes of at least 4 members (excludes halogenated alkanes) is 1. The van der Waals surface area contributed by atoms with Crippen molar-refractivity contribution in [2.75, 3.05) is 13.7 Å². The molecular formula is C21H30Cl2N4O4. The zero-order valence-corrected chi connectivity index (χ0v) is 19.2. The molecule has 0 saturated heterocycles. The van der Waals surface area contributed by atoms with Crippen LogP contribution in [0.4, 0.5) is 0 Å². The number of nitrogens with one attached hydrogen (secondary N) is 2. The molecule has 0 aromatic heterocycles. The van der Waals surface area contributed by atoms with Gasteiger partial charge in [0.05, 0.1) is 13.2 Å². The highest BCUT2D eigenvalue weighted by Crippen LogP contribution is 2.27. The van der Waals surface area contributed by atoms with Crippen LogP contribution in [-0.4, -0.2) is 43.5 Å². The molecule has 0 saturated carbocycles. The van der Waals surface area contributed by atoms with Crippen LogP contribution < -0.4 is 26.8 Å². The monoisotopic (exact) mass is 472 g/mol. The van der Waals surface area contributed by atoms with E-state index in [9.17, 15) is 14.4 Å². The number of hydrogen-bond acceptors (Lipinski definition) is 6. The number of carbonyl (C=O) groups excluding carboxylic acids is 3. The van der Waals surface area contributed by atoms with Crippen molar-refractivity contribution in [3.05, 3.63) is 42.0 Å². The summed E-state index contributed by atoms with van der Waals surface area (Å²) < 4.78 is 5.35. The van der Waals surface area contributed by atoms with Gasteiger partial charge in [-0.2, -0.15) is 0 Å². The molecule has 0 aliphatic carbocycles. The van der Waals surface area contributed by atoms with Gasteiger partial charge in [-0.25, -0.2) is 0 Å². The molecule has 6 N–H and O–H groups in total. The first kappa shape index (κ1) is 28.6. The maximum absolute atomic E-state index is 12.5. The quantitative estimate of drug-likeness (QED) is 0.411. The molecule has 0 aliphatic rings. The minimum absolute atomic E-state index is 0. The van der Waals surface area contributed by atoms with Gasteiger partial charge in [0.15, 0.2) is 0 Å². The number of benzene rings is 2. The SMILES string of the molecule is COc1cc(C(=O)NC(=O)[C@H](C)NC(=O)[C@@H](N)CCCCN)cc2ccccc12.Cl.Cl. The zero-order chi connectivity index (χ0) is 21.4. The third-order valence-electron chi connectivity index (χ3n) is 4.60. The lowest BCUT2D eigenvalue weighted by molar-refractivity contribution is -0.128. The van der Waals surface area contributed by atoms with Gasteiger partial charge in [0, 0.05) is 10.9 Å². The van der Waals surface area contributed by atoms with Gasteiger partial charge < -0.3 is 21.5 Å². The van der Waals surface area contributed by atoms with Crippen LogP contribution in [0.15, 0.2) is 36.4 Å². The van der Waals surface area contributed by atoms with Gasteiger partial charge in [-0.05, 0) is 43.8 Å². The molecule has 0 heterocycles. The summed E-state index contributed by atoms with van der Waals surface area (Å²) in [6, 6.07) is 9.08. The largest absolute Gasteiger partial charge is 0.496 e. The van der Waals surface area contributed by atoms with E-state index in [1.807, 2.05) is 24.3 Å². The van der Waals surface area contributed by atoms with Crippen LogP contribution in [0.2, 0.25) is 0 Å². The Hall–Kier alpha value is -2.39. The van der Waals surface area contributed by atoms with Crippen molar-refractivity contribution < 1.29 is 19.1 Å². The van der Waals surface area contributed by atoms with E-state index in [0.717, 1.165) is 23.6 Å². The van der Waals surface area contributed by atoms with Crippen molar-refractivity contribution in [1.82, 2.24) is 10.6 Å². The van der Waals surface area contributed by atoms with Crippen molar-refractivity contribution in [1.29, 1.82) is 0 Å². The lowest BCUT2D eigenvalue weighted by Crippen LogP contribution is -2.51. The summed E-state index contributed by atoms with van der Waals surface area (Å²) in [4.78, 5) is 36.9. The fraction of sp³-hybridized carbons (Fsp3) is 0.381. The average Bonchev–Trinajstić information content (AvgIpc) is 2.72. The van der Waals surface area contributed by atoms with Crippen LogP contribution in [0.3, 0.4) is 0 Å². The molecule has 172 valence electrons. The number of carbonyl (C=O) groups is 3. The molecule has 0 aliphatic heterocycles. The first-order valence-corrected chi connectivity index (χ1v) is 9.55.